The van der Waals surface area contributed by atoms with Crippen molar-refractivity contribution in [3.63, 3.8) is 0 Å². The van der Waals surface area contributed by atoms with E-state index >= 15 is 0 Å². The van der Waals surface area contributed by atoms with Gasteiger partial charge in [-0.1, -0.05) is 36.4 Å². The minimum atomic E-state index is -0.338. The summed E-state index contributed by atoms with van der Waals surface area (Å²) in [6, 6.07) is 18.5. The predicted molar refractivity (Wildman–Crippen MR) is 103 cm³/mol. The Morgan fingerprint density at radius 2 is 1.96 bits per heavy atom. The Hall–Kier alpha value is -3.60. The van der Waals surface area contributed by atoms with Crippen molar-refractivity contribution in [2.45, 2.75) is 0 Å². The number of hydrogen-bond acceptors (Lipinski definition) is 4. The fourth-order valence-corrected chi connectivity index (χ4v) is 2.30. The van der Waals surface area contributed by atoms with Crippen molar-refractivity contribution >= 4 is 29.6 Å². The van der Waals surface area contributed by atoms with Gasteiger partial charge in [0.15, 0.2) is 5.76 Å². The number of carbonyl (C=O) groups excluding carboxylic acids is 1. The van der Waals surface area contributed by atoms with Gasteiger partial charge in [0.05, 0.1) is 24.7 Å². The quantitative estimate of drug-likeness (QED) is 0.642. The molecule has 1 amide bonds. The zero-order chi connectivity index (χ0) is 18.2. The van der Waals surface area contributed by atoms with E-state index in [9.17, 15) is 4.79 Å². The lowest BCUT2D eigenvalue weighted by molar-refractivity contribution is 0.0996. The highest BCUT2D eigenvalue weighted by Crippen LogP contribution is 2.29. The van der Waals surface area contributed by atoms with Crippen LogP contribution in [-0.4, -0.2) is 19.2 Å². The first-order chi connectivity index (χ1) is 12.8. The molecular weight excluding hydrogens is 328 g/mol. The Bertz CT molecular complexity index is 914. The third kappa shape index (κ3) is 4.48. The van der Waals surface area contributed by atoms with Crippen molar-refractivity contribution in [3.05, 3.63) is 84.3 Å². The predicted octanol–water partition coefficient (Wildman–Crippen LogP) is 4.96. The van der Waals surface area contributed by atoms with Crippen LogP contribution in [0.15, 0.2) is 82.4 Å². The van der Waals surface area contributed by atoms with Crippen LogP contribution in [-0.2, 0) is 0 Å². The standard InChI is InChI=1S/C21H18N2O3/c1-25-20-15-17(22-13-5-9-16-7-3-2-4-8-16)11-12-18(20)23-21(24)19-10-6-14-26-19/h2-15H,1H3,(H,23,24)/b9-5+,22-13?. The van der Waals surface area contributed by atoms with Crippen LogP contribution in [0.1, 0.15) is 16.1 Å². The maximum absolute atomic E-state index is 12.1. The number of methoxy groups -OCH3 is 1. The zero-order valence-corrected chi connectivity index (χ0v) is 14.3. The molecule has 0 bridgehead atoms. The van der Waals surface area contributed by atoms with Crippen molar-refractivity contribution in [1.82, 2.24) is 0 Å². The summed E-state index contributed by atoms with van der Waals surface area (Å²) >= 11 is 0. The van der Waals surface area contributed by atoms with E-state index < -0.39 is 0 Å². The molecule has 2 aromatic carbocycles. The molecule has 1 N–H and O–H groups in total. The molecule has 0 saturated heterocycles. The van der Waals surface area contributed by atoms with Crippen molar-refractivity contribution < 1.29 is 13.9 Å². The topological polar surface area (TPSA) is 63.8 Å². The lowest BCUT2D eigenvalue weighted by atomic mass is 10.2. The molecule has 0 unspecified atom stereocenters. The van der Waals surface area contributed by atoms with Crippen molar-refractivity contribution in [1.29, 1.82) is 0 Å². The number of carbonyl (C=O) groups is 1. The molecule has 0 spiro atoms. The van der Waals surface area contributed by atoms with Gasteiger partial charge in [-0.3, -0.25) is 9.79 Å². The SMILES string of the molecule is COc1cc(N=C/C=C/c2ccccc2)ccc1NC(=O)c1ccco1. The van der Waals surface area contributed by atoms with E-state index in [1.165, 1.54) is 6.26 Å². The molecule has 0 aliphatic carbocycles. The molecule has 0 aliphatic rings. The van der Waals surface area contributed by atoms with Crippen LogP contribution in [0.5, 0.6) is 5.75 Å². The fraction of sp³-hybridized carbons (Fsp3) is 0.0476. The molecule has 3 aromatic rings. The molecule has 130 valence electrons. The molecule has 5 nitrogen and oxygen atoms in total. The summed E-state index contributed by atoms with van der Waals surface area (Å²) < 4.78 is 10.4. The van der Waals surface area contributed by atoms with Gasteiger partial charge in [-0.25, -0.2) is 0 Å². The molecule has 0 aliphatic heterocycles. The highest BCUT2D eigenvalue weighted by Gasteiger charge is 2.12. The first-order valence-corrected chi connectivity index (χ1v) is 8.05. The van der Waals surface area contributed by atoms with E-state index in [0.29, 0.717) is 11.4 Å². The number of aliphatic imine (C=N–C) groups is 1. The number of amides is 1. The number of ether oxygens (including phenoxy) is 1. The Morgan fingerprint density at radius 3 is 2.69 bits per heavy atom. The molecule has 0 atom stereocenters. The van der Waals surface area contributed by atoms with E-state index in [-0.39, 0.29) is 11.7 Å². The Labute approximate surface area is 151 Å². The van der Waals surface area contributed by atoms with Crippen molar-refractivity contribution in [3.8, 4) is 5.75 Å². The van der Waals surface area contributed by atoms with Gasteiger partial charge >= 0.3 is 0 Å². The van der Waals surface area contributed by atoms with Crippen molar-refractivity contribution in [2.24, 2.45) is 4.99 Å². The number of furan rings is 1. The second kappa shape index (κ2) is 8.48. The lowest BCUT2D eigenvalue weighted by Gasteiger charge is -2.09. The second-order valence-corrected chi connectivity index (χ2v) is 5.36. The number of allylic oxidation sites excluding steroid dienone is 1. The zero-order valence-electron chi connectivity index (χ0n) is 14.3. The maximum Gasteiger partial charge on any atom is 0.291 e. The first kappa shape index (κ1) is 17.2. The van der Waals surface area contributed by atoms with E-state index in [1.54, 1.807) is 43.7 Å². The van der Waals surface area contributed by atoms with Crippen LogP contribution >= 0.6 is 0 Å². The summed E-state index contributed by atoms with van der Waals surface area (Å²) in [5, 5.41) is 2.76. The Kier molecular flexibility index (Phi) is 5.62. The van der Waals surface area contributed by atoms with E-state index in [4.69, 9.17) is 9.15 Å². The molecule has 0 saturated carbocycles. The molecule has 26 heavy (non-hydrogen) atoms. The maximum atomic E-state index is 12.1. The number of nitrogens with zero attached hydrogens (tertiary/aromatic N) is 1. The largest absolute Gasteiger partial charge is 0.494 e. The van der Waals surface area contributed by atoms with Gasteiger partial charge in [-0.05, 0) is 35.9 Å². The summed E-state index contributed by atoms with van der Waals surface area (Å²) in [4.78, 5) is 16.5. The molecule has 1 aromatic heterocycles. The molecule has 1 heterocycles. The minimum Gasteiger partial charge on any atom is -0.494 e. The molecule has 0 fully saturated rings. The van der Waals surface area contributed by atoms with Crippen molar-refractivity contribution in [2.75, 3.05) is 12.4 Å². The van der Waals surface area contributed by atoms with Gasteiger partial charge < -0.3 is 14.5 Å². The molecule has 5 heteroatoms. The van der Waals surface area contributed by atoms with Crippen LogP contribution in [0.2, 0.25) is 0 Å². The van der Waals surface area contributed by atoms with Crippen LogP contribution in [0.4, 0.5) is 11.4 Å². The van der Waals surface area contributed by atoms with Gasteiger partial charge in [0.2, 0.25) is 0 Å². The average molecular weight is 346 g/mol. The molecule has 3 rings (SSSR count). The van der Waals surface area contributed by atoms with Gasteiger partial charge in [0.25, 0.3) is 5.91 Å². The number of hydrogen-bond donors (Lipinski definition) is 1. The van der Waals surface area contributed by atoms with Crippen LogP contribution < -0.4 is 10.1 Å². The lowest BCUT2D eigenvalue weighted by Crippen LogP contribution is -2.11. The van der Waals surface area contributed by atoms with Crippen LogP contribution in [0.3, 0.4) is 0 Å². The Morgan fingerprint density at radius 1 is 1.12 bits per heavy atom. The van der Waals surface area contributed by atoms with Gasteiger partial charge in [0.1, 0.15) is 5.75 Å². The van der Waals surface area contributed by atoms with Crippen LogP contribution in [0.25, 0.3) is 6.08 Å². The van der Waals surface area contributed by atoms with E-state index in [2.05, 4.69) is 10.3 Å². The third-order valence-corrected chi connectivity index (χ3v) is 3.58. The average Bonchev–Trinajstić information content (AvgIpc) is 3.22. The van der Waals surface area contributed by atoms with Gasteiger partial charge in [0, 0.05) is 12.3 Å². The summed E-state index contributed by atoms with van der Waals surface area (Å²) in [7, 11) is 1.54. The number of rotatable bonds is 6. The summed E-state index contributed by atoms with van der Waals surface area (Å²) in [6.07, 6.45) is 7.00. The third-order valence-electron chi connectivity index (χ3n) is 3.58. The number of anilines is 1. The monoisotopic (exact) mass is 346 g/mol. The van der Waals surface area contributed by atoms with Crippen LogP contribution in [0, 0.1) is 0 Å². The minimum absolute atomic E-state index is 0.236. The number of benzene rings is 2. The van der Waals surface area contributed by atoms with E-state index in [0.717, 1.165) is 11.3 Å². The highest BCUT2D eigenvalue weighted by molar-refractivity contribution is 6.03. The number of nitrogens with one attached hydrogen (secondary N) is 1. The summed E-state index contributed by atoms with van der Waals surface area (Å²) in [5.74, 6) is 0.419. The summed E-state index contributed by atoms with van der Waals surface area (Å²) in [6.45, 7) is 0. The smallest absolute Gasteiger partial charge is 0.291 e. The second-order valence-electron chi connectivity index (χ2n) is 5.36. The van der Waals surface area contributed by atoms with Gasteiger partial charge in [-0.2, -0.15) is 0 Å². The summed E-state index contributed by atoms with van der Waals surface area (Å²) in [5.41, 5.74) is 2.37. The first-order valence-electron chi connectivity index (χ1n) is 8.05. The van der Waals surface area contributed by atoms with Gasteiger partial charge in [-0.15, -0.1) is 0 Å². The fourth-order valence-electron chi connectivity index (χ4n) is 2.30. The Balaban J connectivity index is 1.69. The molecule has 0 radical (unpaired) electrons. The molecular formula is C21H18N2O3. The highest BCUT2D eigenvalue weighted by atomic mass is 16.5. The normalized spacial score (nSPS) is 11.1. The van der Waals surface area contributed by atoms with E-state index in [1.807, 2.05) is 42.5 Å².